The number of aromatic nitrogens is 1. The first-order valence-corrected chi connectivity index (χ1v) is 14.3. The Kier molecular flexibility index (Phi) is 8.76. The standard InChI is InChI=1S/C29H31N2O7P/c1-21-11-13-24(14-12-21)38-39(33,37-20-28-34-15-16-35-28)31-27(29(32)36-19-22-7-3-2-4-8-22)17-23-18-30-26-10-6-5-9-25(23)26/h2-14,18,27-28,30H,15-17,19-20H2,1H3,(H,31,33)/t27-,39?/m1/s1. The summed E-state index contributed by atoms with van der Waals surface area (Å²) >= 11 is 0. The van der Waals surface area contributed by atoms with Gasteiger partial charge in [0.1, 0.15) is 25.0 Å². The molecule has 0 bridgehead atoms. The average Bonchev–Trinajstić information content (AvgIpc) is 3.63. The first-order chi connectivity index (χ1) is 19.0. The van der Waals surface area contributed by atoms with Crippen LogP contribution in [0.1, 0.15) is 16.7 Å². The van der Waals surface area contributed by atoms with Gasteiger partial charge in [-0.2, -0.15) is 5.09 Å². The molecule has 2 heterocycles. The molecule has 5 rings (SSSR count). The summed E-state index contributed by atoms with van der Waals surface area (Å²) in [5.74, 6) is -0.262. The second-order valence-corrected chi connectivity index (χ2v) is 10.9. The van der Waals surface area contributed by atoms with Gasteiger partial charge in [-0.15, -0.1) is 0 Å². The van der Waals surface area contributed by atoms with Gasteiger partial charge in [-0.1, -0.05) is 66.2 Å². The summed E-state index contributed by atoms with van der Waals surface area (Å²) in [5.41, 5.74) is 3.63. The molecule has 0 aliphatic carbocycles. The predicted octanol–water partition coefficient (Wildman–Crippen LogP) is 5.30. The zero-order valence-electron chi connectivity index (χ0n) is 21.6. The van der Waals surface area contributed by atoms with Gasteiger partial charge >= 0.3 is 13.7 Å². The Hall–Kier alpha value is -3.46. The Morgan fingerprint density at radius 1 is 1.03 bits per heavy atom. The minimum Gasteiger partial charge on any atom is -0.460 e. The van der Waals surface area contributed by atoms with Gasteiger partial charge in [0.25, 0.3) is 0 Å². The van der Waals surface area contributed by atoms with Crippen molar-refractivity contribution < 1.29 is 32.6 Å². The topological polar surface area (TPSA) is 108 Å². The fourth-order valence-electron chi connectivity index (χ4n) is 4.21. The number of para-hydroxylation sites is 1. The Balaban J connectivity index is 1.40. The Morgan fingerprint density at radius 3 is 2.51 bits per heavy atom. The third-order valence-electron chi connectivity index (χ3n) is 6.24. The summed E-state index contributed by atoms with van der Waals surface area (Å²) in [6.07, 6.45) is 1.33. The van der Waals surface area contributed by atoms with Crippen LogP contribution < -0.4 is 9.61 Å². The van der Waals surface area contributed by atoms with E-state index in [1.165, 1.54) is 0 Å². The molecule has 9 nitrogen and oxygen atoms in total. The van der Waals surface area contributed by atoms with Gasteiger partial charge < -0.3 is 23.7 Å². The summed E-state index contributed by atoms with van der Waals surface area (Å²) < 4.78 is 42.3. The lowest BCUT2D eigenvalue weighted by molar-refractivity contribution is -0.147. The molecule has 39 heavy (non-hydrogen) atoms. The van der Waals surface area contributed by atoms with Crippen molar-refractivity contribution in [3.8, 4) is 5.75 Å². The fourth-order valence-corrected chi connectivity index (χ4v) is 5.69. The molecular formula is C29H31N2O7P. The molecule has 1 aromatic heterocycles. The SMILES string of the molecule is Cc1ccc(OP(=O)(N[C@H](Cc2c[nH]c3ccccc23)C(=O)OCc2ccccc2)OCC2OCCO2)cc1. The lowest BCUT2D eigenvalue weighted by Crippen LogP contribution is -2.39. The van der Waals surface area contributed by atoms with Gasteiger partial charge in [-0.25, -0.2) is 4.57 Å². The Bertz CT molecular complexity index is 1420. The number of fused-ring (bicyclic) bond motifs is 1. The molecule has 4 aromatic rings. The summed E-state index contributed by atoms with van der Waals surface area (Å²) in [7, 11) is -4.11. The highest BCUT2D eigenvalue weighted by molar-refractivity contribution is 7.52. The van der Waals surface area contributed by atoms with Crippen molar-refractivity contribution in [1.29, 1.82) is 0 Å². The van der Waals surface area contributed by atoms with Crippen LogP contribution in [0.4, 0.5) is 0 Å². The second kappa shape index (κ2) is 12.6. The lowest BCUT2D eigenvalue weighted by atomic mass is 10.1. The largest absolute Gasteiger partial charge is 0.460 e. The number of aryl methyl sites for hydroxylation is 1. The molecular weight excluding hydrogens is 519 g/mol. The van der Waals surface area contributed by atoms with E-state index in [1.807, 2.05) is 79.9 Å². The quantitative estimate of drug-likeness (QED) is 0.181. The van der Waals surface area contributed by atoms with Crippen molar-refractivity contribution in [3.63, 3.8) is 0 Å². The van der Waals surface area contributed by atoms with Crippen LogP contribution in [-0.4, -0.2) is 43.1 Å². The highest BCUT2D eigenvalue weighted by Crippen LogP contribution is 2.45. The number of carbonyl (C=O) groups excluding carboxylic acids is 1. The molecule has 204 valence electrons. The van der Waals surface area contributed by atoms with E-state index in [4.69, 9.17) is 23.3 Å². The van der Waals surface area contributed by atoms with Gasteiger partial charge in [-0.3, -0.25) is 9.32 Å². The van der Waals surface area contributed by atoms with Crippen LogP contribution >= 0.6 is 7.75 Å². The molecule has 0 radical (unpaired) electrons. The van der Waals surface area contributed by atoms with Crippen molar-refractivity contribution in [3.05, 3.63) is 102 Å². The minimum absolute atomic E-state index is 0.0689. The summed E-state index contributed by atoms with van der Waals surface area (Å²) in [6, 6.07) is 23.1. The molecule has 2 N–H and O–H groups in total. The summed E-state index contributed by atoms with van der Waals surface area (Å²) in [6.45, 7) is 2.69. The smallest absolute Gasteiger partial charge is 0.459 e. The van der Waals surface area contributed by atoms with E-state index in [0.29, 0.717) is 19.0 Å². The minimum atomic E-state index is -4.11. The van der Waals surface area contributed by atoms with Crippen molar-refractivity contribution in [1.82, 2.24) is 10.1 Å². The van der Waals surface area contributed by atoms with Gasteiger partial charge in [0.15, 0.2) is 6.29 Å². The first-order valence-electron chi connectivity index (χ1n) is 12.7. The molecule has 1 aliphatic rings. The molecule has 1 aliphatic heterocycles. The normalized spacial score (nSPS) is 16.1. The number of benzene rings is 3. The average molecular weight is 551 g/mol. The van der Waals surface area contributed by atoms with Crippen LogP contribution in [0.2, 0.25) is 0 Å². The molecule has 3 aromatic carbocycles. The van der Waals surface area contributed by atoms with Crippen LogP contribution in [0.3, 0.4) is 0 Å². The molecule has 1 saturated heterocycles. The first kappa shape index (κ1) is 27.1. The van der Waals surface area contributed by atoms with E-state index in [1.54, 1.807) is 12.1 Å². The number of nitrogens with one attached hydrogen (secondary N) is 2. The van der Waals surface area contributed by atoms with Crippen LogP contribution in [0, 0.1) is 6.92 Å². The second-order valence-electron chi connectivity index (χ2n) is 9.21. The van der Waals surface area contributed by atoms with Crippen LogP contribution in [-0.2, 0) is 41.1 Å². The number of carbonyl (C=O) groups is 1. The van der Waals surface area contributed by atoms with E-state index >= 15 is 0 Å². The summed E-state index contributed by atoms with van der Waals surface area (Å²) in [5, 5.41) is 3.82. The molecule has 1 fully saturated rings. The Labute approximate surface area is 227 Å². The van der Waals surface area contributed by atoms with Gasteiger partial charge in [-0.05, 0) is 36.2 Å². The van der Waals surface area contributed by atoms with Gasteiger partial charge in [0.05, 0.1) is 13.2 Å². The number of H-pyrrole nitrogens is 1. The van der Waals surface area contributed by atoms with Crippen LogP contribution in [0.15, 0.2) is 85.1 Å². The zero-order valence-corrected chi connectivity index (χ0v) is 22.5. The van der Waals surface area contributed by atoms with Crippen molar-refractivity contribution in [2.24, 2.45) is 0 Å². The van der Waals surface area contributed by atoms with Gasteiger partial charge in [0.2, 0.25) is 0 Å². The molecule has 1 unspecified atom stereocenters. The molecule has 10 heteroatoms. The molecule has 0 saturated carbocycles. The number of ether oxygens (including phenoxy) is 3. The zero-order chi connectivity index (χ0) is 27.1. The maximum atomic E-state index is 14.1. The molecule has 2 atom stereocenters. The van der Waals surface area contributed by atoms with E-state index in [0.717, 1.165) is 27.6 Å². The number of esters is 1. The molecule has 0 amide bonds. The van der Waals surface area contributed by atoms with E-state index in [9.17, 15) is 9.36 Å². The fraction of sp³-hybridized carbons (Fsp3) is 0.276. The van der Waals surface area contributed by atoms with E-state index in [2.05, 4.69) is 10.1 Å². The Morgan fingerprint density at radius 2 is 1.74 bits per heavy atom. The highest BCUT2D eigenvalue weighted by Gasteiger charge is 2.36. The monoisotopic (exact) mass is 550 g/mol. The van der Waals surface area contributed by atoms with Crippen LogP contribution in [0.25, 0.3) is 10.9 Å². The number of hydrogen-bond donors (Lipinski definition) is 2. The molecule has 0 spiro atoms. The lowest BCUT2D eigenvalue weighted by Gasteiger charge is -2.25. The van der Waals surface area contributed by atoms with Crippen molar-refractivity contribution >= 4 is 24.6 Å². The highest BCUT2D eigenvalue weighted by atomic mass is 31.2. The maximum absolute atomic E-state index is 14.1. The van der Waals surface area contributed by atoms with Crippen LogP contribution in [0.5, 0.6) is 5.75 Å². The van der Waals surface area contributed by atoms with E-state index in [-0.39, 0.29) is 19.6 Å². The third-order valence-corrected chi connectivity index (χ3v) is 7.81. The van der Waals surface area contributed by atoms with Crippen molar-refractivity contribution in [2.75, 3.05) is 19.8 Å². The maximum Gasteiger partial charge on any atom is 0.459 e. The van der Waals surface area contributed by atoms with Gasteiger partial charge in [0, 0.05) is 23.5 Å². The number of hydrogen-bond acceptors (Lipinski definition) is 7. The predicted molar refractivity (Wildman–Crippen MR) is 146 cm³/mol. The van der Waals surface area contributed by atoms with E-state index < -0.39 is 26.0 Å². The van der Waals surface area contributed by atoms with Crippen molar-refractivity contribution in [2.45, 2.75) is 32.3 Å². The third kappa shape index (κ3) is 7.35. The number of rotatable bonds is 12. The number of aromatic amines is 1. The summed E-state index contributed by atoms with van der Waals surface area (Å²) in [4.78, 5) is 16.7.